The first-order valence-electron chi connectivity index (χ1n) is 23.7. The lowest BCUT2D eigenvalue weighted by Crippen LogP contribution is -2.17. The fourth-order valence-corrected chi connectivity index (χ4v) is 12.9. The van der Waals surface area contributed by atoms with Crippen LogP contribution in [0.4, 0.5) is 0 Å². The van der Waals surface area contributed by atoms with Crippen molar-refractivity contribution in [1.29, 1.82) is 0 Å². The first-order valence-corrected chi connectivity index (χ1v) is 24.5. The zero-order chi connectivity index (χ0) is 46.2. The molecule has 6 heterocycles. The summed E-state index contributed by atoms with van der Waals surface area (Å²) in [6.07, 6.45) is 3.67. The van der Waals surface area contributed by atoms with Gasteiger partial charge in [0.05, 0.1) is 27.1 Å². The topological polar surface area (TPSA) is 69.6 Å². The van der Waals surface area contributed by atoms with Gasteiger partial charge in [-0.3, -0.25) is 9.97 Å². The Morgan fingerprint density at radius 1 is 0.514 bits per heavy atom. The van der Waals surface area contributed by atoms with Crippen LogP contribution in [0.15, 0.2) is 205 Å². The molecule has 0 bridgehead atoms. The average Bonchev–Trinajstić information content (AvgIpc) is 4.16. The molecule has 1 aliphatic carbocycles. The first-order chi connectivity index (χ1) is 34.5. The van der Waals surface area contributed by atoms with Crippen molar-refractivity contribution in [2.24, 2.45) is 0 Å². The molecule has 15 rings (SSSR count). The zero-order valence-corrected chi connectivity index (χ0v) is 38.9. The molecule has 6 aromatic heterocycles. The van der Waals surface area contributed by atoms with E-state index < -0.39 is 0 Å². The smallest absolute Gasteiger partial charge is 0.180 e. The molecule has 0 saturated heterocycles. The van der Waals surface area contributed by atoms with Crippen LogP contribution in [0.3, 0.4) is 0 Å². The fraction of sp³-hybridized carbons (Fsp3) is 0.0476. The van der Waals surface area contributed by atoms with Crippen molar-refractivity contribution in [2.45, 2.75) is 19.3 Å². The summed E-state index contributed by atoms with van der Waals surface area (Å²) in [4.78, 5) is 20.8. The monoisotopic (exact) mass is 913 g/mol. The van der Waals surface area contributed by atoms with Gasteiger partial charge in [0, 0.05) is 77.4 Å². The molecule has 6 nitrogen and oxygen atoms in total. The van der Waals surface area contributed by atoms with Gasteiger partial charge in [-0.15, -0.1) is 11.3 Å². The number of para-hydroxylation sites is 2. The van der Waals surface area contributed by atoms with Crippen LogP contribution in [-0.4, -0.2) is 24.5 Å². The average molecular weight is 914 g/mol. The standard InChI is InChI=1S/C63H39N5OS/c1-63(2)48-23-9-5-17-40(48)46-34-39(68-51-26-10-6-20-43(51)54-41-18-3-4-19-42(41)55-45-22-8-12-28-53(45)70-61(55)59(54)68)35-47(56(46)63)58-60-57(44-21-7-11-27-52(44)69-60)66-62(67-58)38-32-36(49-24-13-15-29-64-49)31-37(33-38)50-25-14-16-30-65-50/h3-35H,1-2H3. The Morgan fingerprint density at radius 3 is 1.89 bits per heavy atom. The summed E-state index contributed by atoms with van der Waals surface area (Å²) < 4.78 is 12.1. The molecule has 0 amide bonds. The Hall–Kier alpha value is -8.78. The largest absolute Gasteiger partial charge is 0.452 e. The first kappa shape index (κ1) is 39.2. The normalized spacial score (nSPS) is 13.1. The summed E-state index contributed by atoms with van der Waals surface area (Å²) in [5.41, 5.74) is 16.3. The number of nitrogens with zero attached hydrogens (tertiary/aromatic N) is 5. The predicted octanol–water partition coefficient (Wildman–Crippen LogP) is 16.8. The molecular weight excluding hydrogens is 875 g/mol. The van der Waals surface area contributed by atoms with Crippen LogP contribution >= 0.6 is 11.3 Å². The van der Waals surface area contributed by atoms with Gasteiger partial charge in [-0.25, -0.2) is 9.97 Å². The molecule has 7 heteroatoms. The van der Waals surface area contributed by atoms with Gasteiger partial charge in [-0.05, 0) is 112 Å². The summed E-state index contributed by atoms with van der Waals surface area (Å²) in [6.45, 7) is 4.70. The lowest BCUT2D eigenvalue weighted by atomic mass is 9.79. The number of thiophene rings is 1. The third kappa shape index (κ3) is 5.55. The van der Waals surface area contributed by atoms with Crippen molar-refractivity contribution in [3.63, 3.8) is 0 Å². The van der Waals surface area contributed by atoms with E-state index in [1.165, 1.54) is 69.5 Å². The molecule has 0 radical (unpaired) electrons. The highest BCUT2D eigenvalue weighted by Crippen LogP contribution is 2.55. The van der Waals surface area contributed by atoms with Crippen LogP contribution in [0, 0.1) is 0 Å². The fourth-order valence-electron chi connectivity index (χ4n) is 11.6. The van der Waals surface area contributed by atoms with E-state index in [1.54, 1.807) is 0 Å². The SMILES string of the molecule is CC1(C)c2ccccc2-c2cc(-n3c4ccccc4c4c5ccccc5c5c6ccccc6sc5c43)cc(-c3nc(-c4cc(-c5ccccn5)cc(-c5ccccn5)c4)nc4c3oc3ccccc34)c21. The third-order valence-corrected chi connectivity index (χ3v) is 15.8. The molecular formula is C63H39N5OS. The van der Waals surface area contributed by atoms with Gasteiger partial charge in [-0.2, -0.15) is 0 Å². The van der Waals surface area contributed by atoms with Gasteiger partial charge in [0.1, 0.15) is 16.8 Å². The van der Waals surface area contributed by atoms with Crippen LogP contribution in [0.5, 0.6) is 0 Å². The van der Waals surface area contributed by atoms with Gasteiger partial charge < -0.3 is 8.98 Å². The summed E-state index contributed by atoms with van der Waals surface area (Å²) >= 11 is 1.88. The second-order valence-electron chi connectivity index (χ2n) is 18.9. The van der Waals surface area contributed by atoms with Crippen LogP contribution in [-0.2, 0) is 5.41 Å². The van der Waals surface area contributed by atoms with E-state index >= 15 is 0 Å². The minimum atomic E-state index is -0.385. The van der Waals surface area contributed by atoms with Crippen molar-refractivity contribution in [3.8, 4) is 62.0 Å². The van der Waals surface area contributed by atoms with Crippen molar-refractivity contribution in [1.82, 2.24) is 24.5 Å². The Kier molecular flexibility index (Phi) is 8.19. The van der Waals surface area contributed by atoms with Crippen molar-refractivity contribution in [2.75, 3.05) is 0 Å². The van der Waals surface area contributed by atoms with Crippen molar-refractivity contribution >= 4 is 86.2 Å². The lowest BCUT2D eigenvalue weighted by Gasteiger charge is -2.25. The quantitative estimate of drug-likeness (QED) is 0.172. The second kappa shape index (κ2) is 14.6. The van der Waals surface area contributed by atoms with E-state index in [-0.39, 0.29) is 5.41 Å². The Balaban J connectivity index is 1.09. The molecule has 0 saturated carbocycles. The number of aromatic nitrogens is 5. The summed E-state index contributed by atoms with van der Waals surface area (Å²) in [5, 5.41) is 8.51. The summed E-state index contributed by atoms with van der Waals surface area (Å²) in [6, 6.07) is 67.1. The minimum Gasteiger partial charge on any atom is -0.452 e. The van der Waals surface area contributed by atoms with Gasteiger partial charge >= 0.3 is 0 Å². The van der Waals surface area contributed by atoms with E-state index in [1.807, 2.05) is 72.3 Å². The number of rotatable bonds is 5. The van der Waals surface area contributed by atoms with Crippen molar-refractivity contribution < 1.29 is 4.42 Å². The molecule has 328 valence electrons. The molecule has 0 fully saturated rings. The van der Waals surface area contributed by atoms with E-state index in [0.29, 0.717) is 11.4 Å². The minimum absolute atomic E-state index is 0.385. The van der Waals surface area contributed by atoms with Crippen LogP contribution < -0.4 is 0 Å². The van der Waals surface area contributed by atoms with Crippen LogP contribution in [0.1, 0.15) is 25.0 Å². The van der Waals surface area contributed by atoms with E-state index in [4.69, 9.17) is 24.4 Å². The molecule has 0 atom stereocenters. The maximum atomic E-state index is 6.98. The number of fused-ring (bicyclic) bond motifs is 16. The zero-order valence-electron chi connectivity index (χ0n) is 38.1. The molecule has 0 aliphatic heterocycles. The van der Waals surface area contributed by atoms with Gasteiger partial charge in [0.25, 0.3) is 0 Å². The maximum Gasteiger partial charge on any atom is 0.180 e. The number of benzene rings is 8. The number of hydrogen-bond acceptors (Lipinski definition) is 6. The summed E-state index contributed by atoms with van der Waals surface area (Å²) in [5.74, 6) is 0.590. The molecule has 1 aliphatic rings. The van der Waals surface area contributed by atoms with E-state index in [9.17, 15) is 0 Å². The van der Waals surface area contributed by atoms with Crippen molar-refractivity contribution in [3.05, 3.63) is 212 Å². The summed E-state index contributed by atoms with van der Waals surface area (Å²) in [7, 11) is 0. The Morgan fingerprint density at radius 2 is 1.13 bits per heavy atom. The highest BCUT2D eigenvalue weighted by atomic mass is 32.1. The molecule has 14 aromatic rings. The van der Waals surface area contributed by atoms with Crippen LogP contribution in [0.25, 0.3) is 137 Å². The van der Waals surface area contributed by atoms with E-state index in [2.05, 4.69) is 158 Å². The predicted molar refractivity (Wildman–Crippen MR) is 289 cm³/mol. The molecule has 8 aromatic carbocycles. The Bertz CT molecular complexity index is 4450. The number of furan rings is 1. The second-order valence-corrected chi connectivity index (χ2v) is 20.0. The van der Waals surface area contributed by atoms with Crippen LogP contribution in [0.2, 0.25) is 0 Å². The molecule has 0 spiro atoms. The molecule has 0 N–H and O–H groups in total. The maximum absolute atomic E-state index is 6.98. The molecule has 70 heavy (non-hydrogen) atoms. The van der Waals surface area contributed by atoms with E-state index in [0.717, 1.165) is 67.0 Å². The highest BCUT2D eigenvalue weighted by Gasteiger charge is 2.39. The van der Waals surface area contributed by atoms with Gasteiger partial charge in [0.15, 0.2) is 11.4 Å². The molecule has 0 unspecified atom stereocenters. The number of hydrogen-bond donors (Lipinski definition) is 0. The lowest BCUT2D eigenvalue weighted by molar-refractivity contribution is 0.657. The van der Waals surface area contributed by atoms with Gasteiger partial charge in [0.2, 0.25) is 0 Å². The van der Waals surface area contributed by atoms with Gasteiger partial charge in [-0.1, -0.05) is 123 Å². The number of pyridine rings is 2. The highest BCUT2D eigenvalue weighted by molar-refractivity contribution is 7.27. The Labute approximate surface area is 405 Å². The third-order valence-electron chi connectivity index (χ3n) is 14.6.